The van der Waals surface area contributed by atoms with Crippen molar-refractivity contribution in [1.82, 2.24) is 15.1 Å². The molecular weight excluding hydrogens is 286 g/mol. The van der Waals surface area contributed by atoms with E-state index in [1.165, 1.54) is 5.56 Å². The molecule has 1 fully saturated rings. The molecule has 0 bridgehead atoms. The predicted molar refractivity (Wildman–Crippen MR) is 92.2 cm³/mol. The van der Waals surface area contributed by atoms with Gasteiger partial charge in [-0.3, -0.25) is 9.89 Å². The van der Waals surface area contributed by atoms with Crippen molar-refractivity contribution < 1.29 is 4.79 Å². The summed E-state index contributed by atoms with van der Waals surface area (Å²) in [6.07, 6.45) is 1.66. The van der Waals surface area contributed by atoms with Crippen LogP contribution < -0.4 is 0 Å². The molecule has 0 saturated carbocycles. The molecule has 1 aromatic carbocycles. The number of likely N-dealkylation sites (tertiary alicyclic amines) is 1. The van der Waals surface area contributed by atoms with Crippen LogP contribution in [0.2, 0.25) is 0 Å². The molecular formula is C19H25N3O. The molecule has 122 valence electrons. The number of rotatable bonds is 4. The molecule has 4 heteroatoms. The van der Waals surface area contributed by atoms with Gasteiger partial charge in [0.1, 0.15) is 0 Å². The summed E-state index contributed by atoms with van der Waals surface area (Å²) in [6, 6.07) is 10.5. The number of aromatic amines is 1. The van der Waals surface area contributed by atoms with Crippen LogP contribution in [-0.4, -0.2) is 34.1 Å². The molecule has 1 saturated heterocycles. The Morgan fingerprint density at radius 2 is 2.09 bits per heavy atom. The molecule has 0 spiro atoms. The number of H-pyrrole nitrogens is 1. The van der Waals surface area contributed by atoms with E-state index in [9.17, 15) is 4.79 Å². The van der Waals surface area contributed by atoms with E-state index in [0.717, 1.165) is 36.5 Å². The molecule has 1 aliphatic rings. The van der Waals surface area contributed by atoms with E-state index < -0.39 is 0 Å². The first kappa shape index (κ1) is 15.8. The lowest BCUT2D eigenvalue weighted by atomic mass is 10.0. The second-order valence-electron chi connectivity index (χ2n) is 7.00. The molecule has 3 rings (SSSR count). The Morgan fingerprint density at radius 3 is 2.78 bits per heavy atom. The number of hydrogen-bond donors (Lipinski definition) is 1. The second-order valence-corrected chi connectivity index (χ2v) is 7.00. The predicted octanol–water partition coefficient (Wildman–Crippen LogP) is 3.75. The van der Waals surface area contributed by atoms with Crippen molar-refractivity contribution >= 4 is 5.91 Å². The summed E-state index contributed by atoms with van der Waals surface area (Å²) in [5.74, 6) is 1.07. The van der Waals surface area contributed by atoms with Crippen LogP contribution in [0.3, 0.4) is 0 Å². The average molecular weight is 311 g/mol. The topological polar surface area (TPSA) is 49.0 Å². The van der Waals surface area contributed by atoms with Gasteiger partial charge in [-0.25, -0.2) is 0 Å². The largest absolute Gasteiger partial charge is 0.342 e. The van der Waals surface area contributed by atoms with Gasteiger partial charge in [-0.2, -0.15) is 5.10 Å². The summed E-state index contributed by atoms with van der Waals surface area (Å²) in [4.78, 5) is 14.2. The van der Waals surface area contributed by atoms with Gasteiger partial charge in [0.2, 0.25) is 5.91 Å². The van der Waals surface area contributed by atoms with Crippen LogP contribution in [0.5, 0.6) is 0 Å². The fraction of sp³-hybridized carbons (Fsp3) is 0.474. The van der Waals surface area contributed by atoms with Crippen LogP contribution in [0.25, 0.3) is 11.3 Å². The summed E-state index contributed by atoms with van der Waals surface area (Å²) in [5, 5.41) is 7.62. The van der Waals surface area contributed by atoms with Crippen molar-refractivity contribution in [2.24, 2.45) is 5.92 Å². The highest BCUT2D eigenvalue weighted by atomic mass is 16.2. The standard InChI is InChI=1S/C19H25N3O/c1-13(2)10-19(23)22-9-8-16(12-22)18-11-17(20-21-18)15-6-4-14(3)5-7-15/h4-7,11,13,16H,8-10,12H2,1-3H3,(H,20,21)/t16-/m0/s1. The minimum absolute atomic E-state index is 0.278. The zero-order chi connectivity index (χ0) is 16.4. The van der Waals surface area contributed by atoms with E-state index in [1.54, 1.807) is 0 Å². The highest BCUT2D eigenvalue weighted by molar-refractivity contribution is 5.76. The number of hydrogen-bond acceptors (Lipinski definition) is 2. The third kappa shape index (κ3) is 3.63. The third-order valence-corrected chi connectivity index (χ3v) is 4.51. The first-order chi connectivity index (χ1) is 11.0. The number of nitrogens with one attached hydrogen (secondary N) is 1. The minimum atomic E-state index is 0.278. The maximum atomic E-state index is 12.2. The highest BCUT2D eigenvalue weighted by Gasteiger charge is 2.28. The molecule has 2 heterocycles. The van der Waals surface area contributed by atoms with Gasteiger partial charge in [0.15, 0.2) is 0 Å². The van der Waals surface area contributed by atoms with E-state index in [-0.39, 0.29) is 5.91 Å². The SMILES string of the molecule is Cc1ccc(-c2cc([C@H]3CCN(C(=O)CC(C)C)C3)[nH]n2)cc1. The zero-order valence-electron chi connectivity index (χ0n) is 14.2. The fourth-order valence-corrected chi connectivity index (χ4v) is 3.14. The van der Waals surface area contributed by atoms with Gasteiger partial charge >= 0.3 is 0 Å². The quantitative estimate of drug-likeness (QED) is 0.935. The van der Waals surface area contributed by atoms with E-state index >= 15 is 0 Å². The summed E-state index contributed by atoms with van der Waals surface area (Å²) < 4.78 is 0. The monoisotopic (exact) mass is 311 g/mol. The lowest BCUT2D eigenvalue weighted by Crippen LogP contribution is -2.29. The Balaban J connectivity index is 1.67. The maximum absolute atomic E-state index is 12.2. The summed E-state index contributed by atoms with van der Waals surface area (Å²) in [7, 11) is 0. The number of carbonyl (C=O) groups is 1. The van der Waals surface area contributed by atoms with Crippen molar-refractivity contribution in [3.63, 3.8) is 0 Å². The van der Waals surface area contributed by atoms with E-state index in [1.807, 2.05) is 4.90 Å². The van der Waals surface area contributed by atoms with E-state index in [0.29, 0.717) is 18.3 Å². The summed E-state index contributed by atoms with van der Waals surface area (Å²) in [6.45, 7) is 7.93. The molecule has 1 atom stereocenters. The van der Waals surface area contributed by atoms with Gasteiger partial charge in [0.25, 0.3) is 0 Å². The Hall–Kier alpha value is -2.10. The number of amides is 1. The van der Waals surface area contributed by atoms with Gasteiger partial charge < -0.3 is 4.90 Å². The Bertz CT molecular complexity index is 672. The van der Waals surface area contributed by atoms with Gasteiger partial charge in [-0.1, -0.05) is 43.7 Å². The average Bonchev–Trinajstić information content (AvgIpc) is 3.16. The van der Waals surface area contributed by atoms with Crippen molar-refractivity contribution in [2.75, 3.05) is 13.1 Å². The van der Waals surface area contributed by atoms with Crippen LogP contribution in [0, 0.1) is 12.8 Å². The van der Waals surface area contributed by atoms with Gasteiger partial charge in [-0.15, -0.1) is 0 Å². The number of nitrogens with zero attached hydrogens (tertiary/aromatic N) is 2. The molecule has 0 radical (unpaired) electrons. The van der Waals surface area contributed by atoms with Crippen LogP contribution in [0.15, 0.2) is 30.3 Å². The minimum Gasteiger partial charge on any atom is -0.342 e. The van der Waals surface area contributed by atoms with Gasteiger partial charge in [0.05, 0.1) is 5.69 Å². The molecule has 23 heavy (non-hydrogen) atoms. The molecule has 0 unspecified atom stereocenters. The van der Waals surface area contributed by atoms with E-state index in [2.05, 4.69) is 61.3 Å². The molecule has 1 aromatic heterocycles. The third-order valence-electron chi connectivity index (χ3n) is 4.51. The fourth-order valence-electron chi connectivity index (χ4n) is 3.14. The van der Waals surface area contributed by atoms with Gasteiger partial charge in [0, 0.05) is 36.7 Å². The number of carbonyl (C=O) groups excluding carboxylic acids is 1. The maximum Gasteiger partial charge on any atom is 0.222 e. The Morgan fingerprint density at radius 1 is 1.35 bits per heavy atom. The van der Waals surface area contributed by atoms with Gasteiger partial charge in [-0.05, 0) is 25.3 Å². The lowest BCUT2D eigenvalue weighted by Gasteiger charge is -2.17. The Kier molecular flexibility index (Phi) is 4.51. The molecule has 1 aliphatic heterocycles. The molecule has 0 aliphatic carbocycles. The lowest BCUT2D eigenvalue weighted by molar-refractivity contribution is -0.130. The normalized spacial score (nSPS) is 17.9. The second kappa shape index (κ2) is 6.57. The first-order valence-electron chi connectivity index (χ1n) is 8.43. The summed E-state index contributed by atoms with van der Waals surface area (Å²) >= 11 is 0. The van der Waals surface area contributed by atoms with Crippen LogP contribution in [-0.2, 0) is 4.79 Å². The van der Waals surface area contributed by atoms with Crippen LogP contribution in [0.1, 0.15) is 43.9 Å². The molecule has 1 N–H and O–H groups in total. The molecule has 4 nitrogen and oxygen atoms in total. The van der Waals surface area contributed by atoms with Crippen molar-refractivity contribution in [3.8, 4) is 11.3 Å². The molecule has 1 amide bonds. The zero-order valence-corrected chi connectivity index (χ0v) is 14.2. The number of aromatic nitrogens is 2. The summed E-state index contributed by atoms with van der Waals surface area (Å²) in [5.41, 5.74) is 4.50. The molecule has 2 aromatic rings. The Labute approximate surface area is 137 Å². The van der Waals surface area contributed by atoms with Crippen LogP contribution >= 0.6 is 0 Å². The number of aryl methyl sites for hydroxylation is 1. The first-order valence-corrected chi connectivity index (χ1v) is 8.43. The van der Waals surface area contributed by atoms with Crippen molar-refractivity contribution in [1.29, 1.82) is 0 Å². The highest BCUT2D eigenvalue weighted by Crippen LogP contribution is 2.29. The van der Waals surface area contributed by atoms with Crippen LogP contribution in [0.4, 0.5) is 0 Å². The number of benzene rings is 1. The van der Waals surface area contributed by atoms with E-state index in [4.69, 9.17) is 0 Å². The van der Waals surface area contributed by atoms with Crippen molar-refractivity contribution in [2.45, 2.75) is 39.5 Å². The van der Waals surface area contributed by atoms with Crippen molar-refractivity contribution in [3.05, 3.63) is 41.6 Å². The smallest absolute Gasteiger partial charge is 0.222 e.